The van der Waals surface area contributed by atoms with Crippen LogP contribution in [0, 0.1) is 11.8 Å². The number of carboxylic acids is 1. The molecule has 2 rings (SSSR count). The van der Waals surface area contributed by atoms with E-state index in [0.717, 1.165) is 22.3 Å². The number of hydrogen-bond acceptors (Lipinski definition) is 2. The van der Waals surface area contributed by atoms with Gasteiger partial charge in [0.15, 0.2) is 0 Å². The van der Waals surface area contributed by atoms with Crippen molar-refractivity contribution in [3.8, 4) is 11.8 Å². The van der Waals surface area contributed by atoms with Gasteiger partial charge in [-0.3, -0.25) is 4.79 Å². The van der Waals surface area contributed by atoms with Gasteiger partial charge >= 0.3 is 5.97 Å². The predicted molar refractivity (Wildman–Crippen MR) is 80.7 cm³/mol. The standard InChI is InChI=1S/C18H16O3/c19-13-17-8-5-14(6-9-17)4-7-15-2-1-3-16(12-15)10-11-18(20)21/h1-3,5-6,8-9,12,19H,10-11,13H2,(H,20,21). The Bertz CT molecular complexity index is 676. The van der Waals surface area contributed by atoms with E-state index in [4.69, 9.17) is 10.2 Å². The summed E-state index contributed by atoms with van der Waals surface area (Å²) in [5.74, 6) is 5.33. The molecular weight excluding hydrogens is 264 g/mol. The summed E-state index contributed by atoms with van der Waals surface area (Å²) in [6, 6.07) is 15.0. The summed E-state index contributed by atoms with van der Waals surface area (Å²) in [6.45, 7) is 0.0271. The summed E-state index contributed by atoms with van der Waals surface area (Å²) in [5.41, 5.74) is 3.57. The molecule has 2 aromatic carbocycles. The average molecular weight is 280 g/mol. The van der Waals surface area contributed by atoms with Gasteiger partial charge in [0, 0.05) is 17.5 Å². The van der Waals surface area contributed by atoms with Gasteiger partial charge in [0.1, 0.15) is 0 Å². The maximum Gasteiger partial charge on any atom is 0.303 e. The second kappa shape index (κ2) is 7.28. The van der Waals surface area contributed by atoms with E-state index in [1.54, 1.807) is 0 Å². The molecular formula is C18H16O3. The Labute approximate surface area is 123 Å². The first-order valence-corrected chi connectivity index (χ1v) is 6.70. The third-order valence-electron chi connectivity index (χ3n) is 3.04. The predicted octanol–water partition coefficient (Wildman–Crippen LogP) is 2.60. The highest BCUT2D eigenvalue weighted by molar-refractivity contribution is 5.67. The highest BCUT2D eigenvalue weighted by Crippen LogP contribution is 2.08. The molecule has 0 spiro atoms. The van der Waals surface area contributed by atoms with E-state index in [1.165, 1.54) is 0 Å². The van der Waals surface area contributed by atoms with Gasteiger partial charge in [0.2, 0.25) is 0 Å². The summed E-state index contributed by atoms with van der Waals surface area (Å²) >= 11 is 0. The molecule has 0 atom stereocenters. The molecule has 106 valence electrons. The molecule has 3 heteroatoms. The molecule has 0 heterocycles. The van der Waals surface area contributed by atoms with Crippen molar-refractivity contribution in [2.75, 3.05) is 0 Å². The fourth-order valence-corrected chi connectivity index (χ4v) is 1.89. The SMILES string of the molecule is O=C(O)CCc1cccc(C#Cc2ccc(CO)cc2)c1. The van der Waals surface area contributed by atoms with Crippen LogP contribution in [-0.4, -0.2) is 16.2 Å². The molecule has 0 unspecified atom stereocenters. The Hall–Kier alpha value is -2.57. The first-order chi connectivity index (χ1) is 10.2. The van der Waals surface area contributed by atoms with Gasteiger partial charge in [-0.15, -0.1) is 0 Å². The topological polar surface area (TPSA) is 57.5 Å². The van der Waals surface area contributed by atoms with Crippen LogP contribution in [0.3, 0.4) is 0 Å². The Morgan fingerprint density at radius 1 is 0.952 bits per heavy atom. The molecule has 0 saturated carbocycles. The summed E-state index contributed by atoms with van der Waals surface area (Å²) in [7, 11) is 0. The van der Waals surface area contributed by atoms with Crippen LogP contribution in [0.25, 0.3) is 0 Å². The Morgan fingerprint density at radius 2 is 1.67 bits per heavy atom. The molecule has 0 radical (unpaired) electrons. The summed E-state index contributed by atoms with van der Waals surface area (Å²) in [6.07, 6.45) is 0.634. The lowest BCUT2D eigenvalue weighted by Crippen LogP contribution is -1.97. The van der Waals surface area contributed by atoms with E-state index in [1.807, 2.05) is 48.5 Å². The quantitative estimate of drug-likeness (QED) is 0.846. The van der Waals surface area contributed by atoms with E-state index >= 15 is 0 Å². The van der Waals surface area contributed by atoms with Crippen LogP contribution in [0.15, 0.2) is 48.5 Å². The minimum absolute atomic E-state index is 0.0271. The number of hydrogen-bond donors (Lipinski definition) is 2. The number of benzene rings is 2. The van der Waals surface area contributed by atoms with Crippen molar-refractivity contribution < 1.29 is 15.0 Å². The van der Waals surface area contributed by atoms with Crippen LogP contribution < -0.4 is 0 Å². The number of carbonyl (C=O) groups is 1. The first-order valence-electron chi connectivity index (χ1n) is 6.70. The maximum atomic E-state index is 10.6. The van der Waals surface area contributed by atoms with Gasteiger partial charge in [-0.2, -0.15) is 0 Å². The Kier molecular flexibility index (Phi) is 5.14. The lowest BCUT2D eigenvalue weighted by molar-refractivity contribution is -0.136. The van der Waals surface area contributed by atoms with Crippen LogP contribution in [0.1, 0.15) is 28.7 Å². The van der Waals surface area contributed by atoms with Crippen LogP contribution in [0.2, 0.25) is 0 Å². The van der Waals surface area contributed by atoms with Gasteiger partial charge in [0.05, 0.1) is 6.61 Å². The van der Waals surface area contributed by atoms with Crippen molar-refractivity contribution in [1.82, 2.24) is 0 Å². The van der Waals surface area contributed by atoms with Crippen LogP contribution >= 0.6 is 0 Å². The fraction of sp³-hybridized carbons (Fsp3) is 0.167. The molecule has 0 aliphatic rings. The zero-order valence-electron chi connectivity index (χ0n) is 11.5. The summed E-state index contributed by atoms with van der Waals surface area (Å²) in [5, 5.41) is 17.7. The van der Waals surface area contributed by atoms with Crippen LogP contribution in [0.4, 0.5) is 0 Å². The van der Waals surface area contributed by atoms with Crippen LogP contribution in [-0.2, 0) is 17.8 Å². The average Bonchev–Trinajstić information content (AvgIpc) is 2.52. The van der Waals surface area contributed by atoms with Gasteiger partial charge in [0.25, 0.3) is 0 Å². The van der Waals surface area contributed by atoms with E-state index in [9.17, 15) is 4.79 Å². The molecule has 2 N–H and O–H groups in total. The number of aliphatic carboxylic acids is 1. The van der Waals surface area contributed by atoms with Gasteiger partial charge in [-0.1, -0.05) is 36.1 Å². The number of rotatable bonds is 4. The van der Waals surface area contributed by atoms with E-state index < -0.39 is 5.97 Å². The lowest BCUT2D eigenvalue weighted by Gasteiger charge is -1.99. The highest BCUT2D eigenvalue weighted by atomic mass is 16.4. The van der Waals surface area contributed by atoms with Crippen molar-refractivity contribution in [3.05, 3.63) is 70.8 Å². The summed E-state index contributed by atoms with van der Waals surface area (Å²) in [4.78, 5) is 10.6. The zero-order chi connectivity index (χ0) is 15.1. The molecule has 0 bridgehead atoms. The number of aliphatic hydroxyl groups excluding tert-OH is 1. The van der Waals surface area contributed by atoms with Crippen molar-refractivity contribution in [3.63, 3.8) is 0 Å². The minimum Gasteiger partial charge on any atom is -0.481 e. The first kappa shape index (κ1) is 14.8. The number of carboxylic acid groups (broad SMARTS) is 1. The molecule has 0 saturated heterocycles. The second-order valence-electron chi connectivity index (χ2n) is 4.70. The van der Waals surface area contributed by atoms with Gasteiger partial charge in [-0.25, -0.2) is 0 Å². The Balaban J connectivity index is 2.10. The van der Waals surface area contributed by atoms with Crippen molar-refractivity contribution in [2.24, 2.45) is 0 Å². The molecule has 0 fully saturated rings. The highest BCUT2D eigenvalue weighted by Gasteiger charge is 1.99. The lowest BCUT2D eigenvalue weighted by atomic mass is 10.1. The number of aryl methyl sites for hydroxylation is 1. The van der Waals surface area contributed by atoms with Crippen LogP contribution in [0.5, 0.6) is 0 Å². The minimum atomic E-state index is -0.796. The molecule has 0 amide bonds. The fourth-order valence-electron chi connectivity index (χ4n) is 1.89. The van der Waals surface area contributed by atoms with Crippen molar-refractivity contribution >= 4 is 5.97 Å². The zero-order valence-corrected chi connectivity index (χ0v) is 11.5. The maximum absolute atomic E-state index is 10.6. The normalized spacial score (nSPS) is 9.76. The Morgan fingerprint density at radius 3 is 2.33 bits per heavy atom. The van der Waals surface area contributed by atoms with Crippen molar-refractivity contribution in [1.29, 1.82) is 0 Å². The van der Waals surface area contributed by atoms with E-state index in [-0.39, 0.29) is 13.0 Å². The molecule has 0 aliphatic carbocycles. The second-order valence-corrected chi connectivity index (χ2v) is 4.70. The van der Waals surface area contributed by atoms with Gasteiger partial charge < -0.3 is 10.2 Å². The van der Waals surface area contributed by atoms with E-state index in [2.05, 4.69) is 11.8 Å². The van der Waals surface area contributed by atoms with E-state index in [0.29, 0.717) is 6.42 Å². The summed E-state index contributed by atoms with van der Waals surface area (Å²) < 4.78 is 0. The largest absolute Gasteiger partial charge is 0.481 e. The molecule has 0 aliphatic heterocycles. The smallest absolute Gasteiger partial charge is 0.303 e. The molecule has 21 heavy (non-hydrogen) atoms. The third kappa shape index (κ3) is 4.79. The number of aliphatic hydroxyl groups is 1. The molecule has 2 aromatic rings. The van der Waals surface area contributed by atoms with Crippen molar-refractivity contribution in [2.45, 2.75) is 19.4 Å². The molecule has 0 aromatic heterocycles. The third-order valence-corrected chi connectivity index (χ3v) is 3.04. The van der Waals surface area contributed by atoms with Gasteiger partial charge in [-0.05, 0) is 41.8 Å². The monoisotopic (exact) mass is 280 g/mol. The molecule has 3 nitrogen and oxygen atoms in total.